The van der Waals surface area contributed by atoms with E-state index in [4.69, 9.17) is 16.3 Å². The van der Waals surface area contributed by atoms with E-state index >= 15 is 0 Å². The summed E-state index contributed by atoms with van der Waals surface area (Å²) in [7, 11) is 0. The third kappa shape index (κ3) is 5.81. The van der Waals surface area contributed by atoms with Gasteiger partial charge in [0.15, 0.2) is 5.78 Å². The lowest BCUT2D eigenvalue weighted by atomic mass is 9.86. The maximum Gasteiger partial charge on any atom is 0.237 e. The van der Waals surface area contributed by atoms with Crippen LogP contribution in [0, 0.1) is 11.8 Å². The van der Waals surface area contributed by atoms with Crippen molar-refractivity contribution < 1.29 is 19.1 Å². The van der Waals surface area contributed by atoms with Crippen molar-refractivity contribution in [3.05, 3.63) is 28.8 Å². The molecule has 1 aliphatic carbocycles. The average molecular weight is 406 g/mol. The summed E-state index contributed by atoms with van der Waals surface area (Å²) >= 11 is 6.31. The van der Waals surface area contributed by atoms with E-state index in [9.17, 15) is 14.4 Å². The zero-order valence-corrected chi connectivity index (χ0v) is 16.9. The third-order valence-corrected chi connectivity index (χ3v) is 6.02. The van der Waals surface area contributed by atoms with Crippen molar-refractivity contribution >= 4 is 29.2 Å². The van der Waals surface area contributed by atoms with Gasteiger partial charge in [0.25, 0.3) is 0 Å². The fraction of sp³-hybridized carbons (Fsp3) is 0.591. The predicted octanol–water partition coefficient (Wildman–Crippen LogP) is 4.24. The molecular formula is C22H28ClNO4. The fourth-order valence-corrected chi connectivity index (χ4v) is 4.38. The van der Waals surface area contributed by atoms with Crippen LogP contribution in [0.15, 0.2) is 18.2 Å². The second kappa shape index (κ2) is 10.1. The lowest BCUT2D eigenvalue weighted by Crippen LogP contribution is -2.46. The molecule has 2 fully saturated rings. The highest BCUT2D eigenvalue weighted by Crippen LogP contribution is 2.29. The molecule has 1 aromatic rings. The van der Waals surface area contributed by atoms with Crippen molar-refractivity contribution in [1.29, 1.82) is 0 Å². The molecule has 1 aliphatic heterocycles. The minimum Gasteiger partial charge on any atom is -0.492 e. The Morgan fingerprint density at radius 2 is 1.86 bits per heavy atom. The SMILES string of the molecule is O=C1CC(=O)C(Cc2ccc(OCCCCC3CCCCC3)c(Cl)c2)C(=O)N1. The van der Waals surface area contributed by atoms with E-state index in [0.717, 1.165) is 17.9 Å². The van der Waals surface area contributed by atoms with E-state index in [1.807, 2.05) is 6.07 Å². The number of benzene rings is 1. The van der Waals surface area contributed by atoms with E-state index < -0.39 is 17.7 Å². The molecule has 0 bridgehead atoms. The summed E-state index contributed by atoms with van der Waals surface area (Å²) in [6.07, 6.45) is 10.4. The first-order valence-corrected chi connectivity index (χ1v) is 10.7. The molecular weight excluding hydrogens is 378 g/mol. The van der Waals surface area contributed by atoms with Crippen LogP contribution in [0.5, 0.6) is 5.75 Å². The van der Waals surface area contributed by atoms with Gasteiger partial charge in [-0.2, -0.15) is 0 Å². The van der Waals surface area contributed by atoms with Crippen molar-refractivity contribution in [3.63, 3.8) is 0 Å². The number of amides is 2. The smallest absolute Gasteiger partial charge is 0.237 e. The van der Waals surface area contributed by atoms with Gasteiger partial charge in [0.05, 0.1) is 18.1 Å². The second-order valence-corrected chi connectivity index (χ2v) is 8.33. The van der Waals surface area contributed by atoms with Crippen LogP contribution in [-0.4, -0.2) is 24.2 Å². The Balaban J connectivity index is 1.44. The monoisotopic (exact) mass is 405 g/mol. The van der Waals surface area contributed by atoms with Crippen LogP contribution in [0.25, 0.3) is 0 Å². The zero-order chi connectivity index (χ0) is 19.9. The molecule has 1 aromatic carbocycles. The number of imide groups is 1. The molecule has 1 atom stereocenters. The van der Waals surface area contributed by atoms with Gasteiger partial charge in [0.2, 0.25) is 11.8 Å². The van der Waals surface area contributed by atoms with E-state index in [1.54, 1.807) is 12.1 Å². The number of halogens is 1. The summed E-state index contributed by atoms with van der Waals surface area (Å²) in [4.78, 5) is 35.1. The molecule has 28 heavy (non-hydrogen) atoms. The number of hydrogen-bond acceptors (Lipinski definition) is 4. The molecule has 1 saturated heterocycles. The summed E-state index contributed by atoms with van der Waals surface area (Å²) < 4.78 is 5.80. The molecule has 1 unspecified atom stereocenters. The lowest BCUT2D eigenvalue weighted by Gasteiger charge is -2.21. The minimum atomic E-state index is -0.833. The van der Waals surface area contributed by atoms with E-state index in [0.29, 0.717) is 17.4 Å². The molecule has 2 aliphatic rings. The molecule has 0 spiro atoms. The lowest BCUT2D eigenvalue weighted by molar-refractivity contribution is -0.143. The quantitative estimate of drug-likeness (QED) is 0.398. The molecule has 1 saturated carbocycles. The van der Waals surface area contributed by atoms with Crippen LogP contribution in [0.1, 0.15) is 63.4 Å². The van der Waals surface area contributed by atoms with Crippen LogP contribution in [0.2, 0.25) is 5.02 Å². The number of ketones is 1. The number of carbonyl (C=O) groups excluding carboxylic acids is 3. The van der Waals surface area contributed by atoms with E-state index in [1.165, 1.54) is 44.9 Å². The Morgan fingerprint density at radius 1 is 1.07 bits per heavy atom. The molecule has 0 aromatic heterocycles. The summed E-state index contributed by atoms with van der Waals surface area (Å²) in [5.41, 5.74) is 0.775. The van der Waals surface area contributed by atoms with Crippen molar-refractivity contribution in [2.24, 2.45) is 11.8 Å². The summed E-state index contributed by atoms with van der Waals surface area (Å²) in [5, 5.41) is 2.69. The van der Waals surface area contributed by atoms with Crippen LogP contribution in [0.3, 0.4) is 0 Å². The van der Waals surface area contributed by atoms with Crippen LogP contribution in [0.4, 0.5) is 0 Å². The van der Waals surface area contributed by atoms with Gasteiger partial charge in [-0.05, 0) is 42.9 Å². The molecule has 0 radical (unpaired) electrons. The van der Waals surface area contributed by atoms with Crippen molar-refractivity contribution in [3.8, 4) is 5.75 Å². The Labute approximate surface area is 171 Å². The molecule has 6 heteroatoms. The zero-order valence-electron chi connectivity index (χ0n) is 16.2. The van der Waals surface area contributed by atoms with Crippen molar-refractivity contribution in [2.75, 3.05) is 6.61 Å². The van der Waals surface area contributed by atoms with Crippen molar-refractivity contribution in [1.82, 2.24) is 5.32 Å². The number of nitrogens with one attached hydrogen (secondary N) is 1. The highest BCUT2D eigenvalue weighted by atomic mass is 35.5. The van der Waals surface area contributed by atoms with Gasteiger partial charge in [0.1, 0.15) is 11.7 Å². The molecule has 5 nitrogen and oxygen atoms in total. The number of Topliss-reactive ketones (excluding diaryl/α,β-unsaturated/α-hetero) is 1. The van der Waals surface area contributed by atoms with Gasteiger partial charge in [-0.1, -0.05) is 56.2 Å². The maximum absolute atomic E-state index is 11.9. The number of carbonyl (C=O) groups is 3. The topological polar surface area (TPSA) is 72.5 Å². The maximum atomic E-state index is 11.9. The number of hydrogen-bond donors (Lipinski definition) is 1. The van der Waals surface area contributed by atoms with Crippen LogP contribution < -0.4 is 10.1 Å². The Bertz CT molecular complexity index is 707. The van der Waals surface area contributed by atoms with Gasteiger partial charge in [-0.3, -0.25) is 19.7 Å². The number of ether oxygens (including phenoxy) is 1. The Kier molecular flexibility index (Phi) is 7.49. The summed E-state index contributed by atoms with van der Waals surface area (Å²) in [6, 6.07) is 5.34. The normalized spacial score (nSPS) is 20.9. The van der Waals surface area contributed by atoms with Crippen molar-refractivity contribution in [2.45, 2.75) is 64.2 Å². The summed E-state index contributed by atoms with van der Waals surface area (Å²) in [5.74, 6) is -0.722. The third-order valence-electron chi connectivity index (χ3n) is 5.73. The molecule has 2 amide bonds. The minimum absolute atomic E-state index is 0.235. The number of piperidine rings is 1. The Hall–Kier alpha value is -1.88. The van der Waals surface area contributed by atoms with Crippen LogP contribution >= 0.6 is 11.6 Å². The highest BCUT2D eigenvalue weighted by Gasteiger charge is 2.34. The number of unbranched alkanes of at least 4 members (excludes halogenated alkanes) is 1. The standard InChI is InChI=1S/C22H28ClNO4/c23-18-13-16(12-17-19(25)14-21(26)24-22(17)27)9-10-20(18)28-11-5-4-8-15-6-2-1-3-7-15/h9-10,13,15,17H,1-8,11-12,14H2,(H,24,26,27). The van der Waals surface area contributed by atoms with Gasteiger partial charge < -0.3 is 4.74 Å². The first-order valence-electron chi connectivity index (χ1n) is 10.3. The van der Waals surface area contributed by atoms with Gasteiger partial charge in [-0.25, -0.2) is 0 Å². The van der Waals surface area contributed by atoms with Gasteiger partial charge in [-0.15, -0.1) is 0 Å². The van der Waals surface area contributed by atoms with Gasteiger partial charge >= 0.3 is 0 Å². The number of rotatable bonds is 8. The predicted molar refractivity (Wildman–Crippen MR) is 107 cm³/mol. The summed E-state index contributed by atoms with van der Waals surface area (Å²) in [6.45, 7) is 0.636. The first kappa shape index (κ1) is 20.8. The largest absolute Gasteiger partial charge is 0.492 e. The highest BCUT2D eigenvalue weighted by molar-refractivity contribution is 6.32. The van der Waals surface area contributed by atoms with E-state index in [2.05, 4.69) is 5.32 Å². The average Bonchev–Trinajstić information content (AvgIpc) is 2.66. The first-order chi connectivity index (χ1) is 13.5. The molecule has 1 heterocycles. The fourth-order valence-electron chi connectivity index (χ4n) is 4.12. The molecule has 1 N–H and O–H groups in total. The van der Waals surface area contributed by atoms with Gasteiger partial charge in [0, 0.05) is 0 Å². The molecule has 152 valence electrons. The van der Waals surface area contributed by atoms with E-state index in [-0.39, 0.29) is 18.6 Å². The molecule has 3 rings (SSSR count). The second-order valence-electron chi connectivity index (χ2n) is 7.93. The van der Waals surface area contributed by atoms with Crippen LogP contribution in [-0.2, 0) is 20.8 Å². The Morgan fingerprint density at radius 3 is 2.57 bits per heavy atom.